The van der Waals surface area contributed by atoms with Crippen molar-refractivity contribution in [3.63, 3.8) is 0 Å². The number of alkyl carbamates (subject to hydrolysis) is 1. The van der Waals surface area contributed by atoms with Crippen molar-refractivity contribution in [2.45, 2.75) is 155 Å². The average molecular weight is 728 g/mol. The Morgan fingerprint density at radius 2 is 1.58 bits per heavy atom. The van der Waals surface area contributed by atoms with E-state index < -0.39 is 59.2 Å². The highest BCUT2D eigenvalue weighted by atomic mass is 16.6. The third-order valence-corrected chi connectivity index (χ3v) is 14.3. The maximum absolute atomic E-state index is 15.0. The van der Waals surface area contributed by atoms with Crippen LogP contribution in [0.1, 0.15) is 125 Å². The monoisotopic (exact) mass is 727 g/mol. The maximum Gasteiger partial charge on any atom is 0.408 e. The summed E-state index contributed by atoms with van der Waals surface area (Å²) in [4.78, 5) is 83.3. The summed E-state index contributed by atoms with van der Waals surface area (Å²) in [5, 5.41) is 8.76. The van der Waals surface area contributed by atoms with Gasteiger partial charge in [-0.05, 0) is 66.6 Å². The van der Waals surface area contributed by atoms with E-state index in [1.54, 1.807) is 4.90 Å². The molecule has 13 heteroatoms. The Hall–Kier alpha value is -3.22. The van der Waals surface area contributed by atoms with E-state index in [0.29, 0.717) is 39.0 Å². The second kappa shape index (κ2) is 14.5. The number of rotatable bonds is 12. The molecule has 4 saturated carbocycles. The van der Waals surface area contributed by atoms with Gasteiger partial charge in [-0.25, -0.2) is 4.79 Å². The lowest BCUT2D eigenvalue weighted by Crippen LogP contribution is -2.62. The van der Waals surface area contributed by atoms with Gasteiger partial charge < -0.3 is 36.1 Å². The number of ketones is 1. The van der Waals surface area contributed by atoms with Gasteiger partial charge in [0.05, 0.1) is 19.3 Å². The molecule has 6 fully saturated rings. The molecule has 5 amide bonds. The molecule has 52 heavy (non-hydrogen) atoms. The number of carbonyl (C=O) groups excluding carboxylic acids is 6. The molecule has 0 aromatic heterocycles. The minimum atomic E-state index is -1.09. The number of nitrogens with zero attached hydrogens (tertiary/aromatic N) is 1. The fourth-order valence-electron chi connectivity index (χ4n) is 10.6. The normalized spacial score (nSPS) is 29.7. The molecule has 2 heterocycles. The van der Waals surface area contributed by atoms with Gasteiger partial charge in [0.15, 0.2) is 0 Å². The Labute approximate surface area is 308 Å². The van der Waals surface area contributed by atoms with Gasteiger partial charge in [0.1, 0.15) is 24.2 Å². The Bertz CT molecular complexity index is 1420. The molecule has 2 aliphatic heterocycles. The van der Waals surface area contributed by atoms with Crippen molar-refractivity contribution in [2.75, 3.05) is 19.8 Å². The molecule has 290 valence electrons. The van der Waals surface area contributed by atoms with Crippen LogP contribution in [0.15, 0.2) is 0 Å². The second-order valence-electron chi connectivity index (χ2n) is 18.4. The van der Waals surface area contributed by atoms with Gasteiger partial charge >= 0.3 is 6.09 Å². The number of hydrogen-bond donors (Lipinski definition) is 4. The lowest BCUT2D eigenvalue weighted by molar-refractivity contribution is -0.145. The summed E-state index contributed by atoms with van der Waals surface area (Å²) in [6, 6.07) is -3.86. The van der Waals surface area contributed by atoms with E-state index in [1.165, 1.54) is 0 Å². The number of carbonyl (C=O) groups is 6. The van der Waals surface area contributed by atoms with Gasteiger partial charge in [-0.1, -0.05) is 79.6 Å². The highest BCUT2D eigenvalue weighted by molar-refractivity contribution is 6.37. The molecule has 0 aromatic carbocycles. The number of hydrogen-bond acceptors (Lipinski definition) is 8. The van der Waals surface area contributed by atoms with Crippen molar-refractivity contribution in [1.82, 2.24) is 20.9 Å². The molecule has 13 nitrogen and oxygen atoms in total. The van der Waals surface area contributed by atoms with Crippen LogP contribution in [-0.4, -0.2) is 90.4 Å². The van der Waals surface area contributed by atoms with Crippen molar-refractivity contribution in [3.05, 3.63) is 0 Å². The van der Waals surface area contributed by atoms with E-state index in [1.807, 2.05) is 20.8 Å². The quantitative estimate of drug-likeness (QED) is 0.220. The number of nitrogens with two attached hydrogens (primary N) is 1. The van der Waals surface area contributed by atoms with Crippen molar-refractivity contribution in [2.24, 2.45) is 39.2 Å². The van der Waals surface area contributed by atoms with Gasteiger partial charge in [0.25, 0.3) is 5.91 Å². The Morgan fingerprint density at radius 3 is 2.10 bits per heavy atom. The Balaban J connectivity index is 1.25. The van der Waals surface area contributed by atoms with Crippen LogP contribution in [0.4, 0.5) is 4.79 Å². The number of likely N-dealkylation sites (tertiary alicyclic amines) is 1. The first-order chi connectivity index (χ1) is 24.5. The van der Waals surface area contributed by atoms with Crippen LogP contribution in [-0.2, 0) is 33.4 Å². The van der Waals surface area contributed by atoms with E-state index >= 15 is 0 Å². The van der Waals surface area contributed by atoms with Crippen LogP contribution in [0.3, 0.4) is 0 Å². The lowest BCUT2D eigenvalue weighted by atomic mass is 9.73. The number of primary amides is 1. The first kappa shape index (κ1) is 38.5. The number of Topliss-reactive ketones (excluding diaryl/α,β-unsaturated/α-hetero) is 1. The van der Waals surface area contributed by atoms with Crippen LogP contribution < -0.4 is 21.7 Å². The molecular weight excluding hydrogens is 666 g/mol. The van der Waals surface area contributed by atoms with E-state index in [4.69, 9.17) is 15.2 Å². The van der Waals surface area contributed by atoms with E-state index in [-0.39, 0.29) is 40.1 Å². The third kappa shape index (κ3) is 6.95. The third-order valence-electron chi connectivity index (χ3n) is 14.3. The summed E-state index contributed by atoms with van der Waals surface area (Å²) >= 11 is 0. The molecule has 2 saturated heterocycles. The summed E-state index contributed by atoms with van der Waals surface area (Å²) in [6.07, 6.45) is 10.8. The fourth-order valence-corrected chi connectivity index (χ4v) is 10.6. The zero-order valence-corrected chi connectivity index (χ0v) is 31.9. The van der Waals surface area contributed by atoms with Crippen LogP contribution in [0.2, 0.25) is 0 Å². The predicted octanol–water partition coefficient (Wildman–Crippen LogP) is 3.51. The standard InChI is InChI=1S/C39H61N5O8/c1-36(2,3)30(43-33(48)28(24-13-7-6-8-14-24)42-35(50)52-25-15-18-51-21-25)34(49)44-22-39(37(4,5)38(39)16-10-17-38)20-27(44)32(47)41-26(29(45)31(40)46)19-23-11-9-12-23/h23-28,30H,6-22H2,1-5H3,(H2,40,46)(H,41,47)(H,42,50)(H,43,48)/t25-,26?,27-,28-,30+,39+/m0/s1. The molecular formula is C39H61N5O8. The average Bonchev–Trinajstić information content (AvgIpc) is 3.50. The van der Waals surface area contributed by atoms with E-state index in [0.717, 1.165) is 70.6 Å². The SMILES string of the molecule is CC(C)(C)[C@H](NC(=O)[C@@H](NC(=O)O[C@H]1CCOC1)C1CCCCC1)C(=O)N1C[C@]2(C[C@H]1C(=O)NC(CC1CCC1)C(=O)C(N)=O)C(C)(C)C21CCC1. The van der Waals surface area contributed by atoms with Gasteiger partial charge in [0.2, 0.25) is 23.5 Å². The number of ether oxygens (including phenoxy) is 2. The summed E-state index contributed by atoms with van der Waals surface area (Å²) in [5.41, 5.74) is 4.28. The Kier molecular flexibility index (Phi) is 10.8. The lowest BCUT2D eigenvalue weighted by Gasteiger charge is -2.38. The minimum absolute atomic E-state index is 0.0170. The highest BCUT2D eigenvalue weighted by Gasteiger charge is 2.85. The van der Waals surface area contributed by atoms with Gasteiger partial charge in [-0.3, -0.25) is 24.0 Å². The zero-order valence-electron chi connectivity index (χ0n) is 31.9. The molecule has 0 bridgehead atoms. The highest BCUT2D eigenvalue weighted by Crippen LogP contribution is 2.88. The van der Waals surface area contributed by atoms with Crippen molar-refractivity contribution >= 4 is 35.5 Å². The number of nitrogens with one attached hydrogen (secondary N) is 3. The minimum Gasteiger partial charge on any atom is -0.444 e. The zero-order chi connectivity index (χ0) is 37.6. The second-order valence-corrected chi connectivity index (χ2v) is 18.4. The maximum atomic E-state index is 15.0. The molecule has 4 aliphatic carbocycles. The summed E-state index contributed by atoms with van der Waals surface area (Å²) < 4.78 is 10.9. The summed E-state index contributed by atoms with van der Waals surface area (Å²) in [5.74, 6) is -3.11. The topological polar surface area (TPSA) is 186 Å². The van der Waals surface area contributed by atoms with Crippen molar-refractivity contribution in [3.8, 4) is 0 Å². The van der Waals surface area contributed by atoms with Crippen LogP contribution >= 0.6 is 0 Å². The largest absolute Gasteiger partial charge is 0.444 e. The first-order valence-electron chi connectivity index (χ1n) is 19.8. The number of fused-ring (bicyclic) bond motifs is 1. The van der Waals surface area contributed by atoms with E-state index in [9.17, 15) is 28.8 Å². The molecule has 0 aromatic rings. The summed E-state index contributed by atoms with van der Waals surface area (Å²) in [7, 11) is 0. The van der Waals surface area contributed by atoms with Crippen molar-refractivity contribution < 1.29 is 38.2 Å². The Morgan fingerprint density at radius 1 is 0.885 bits per heavy atom. The molecule has 5 N–H and O–H groups in total. The van der Waals surface area contributed by atoms with Gasteiger partial charge in [-0.15, -0.1) is 0 Å². The van der Waals surface area contributed by atoms with E-state index in [2.05, 4.69) is 29.8 Å². The van der Waals surface area contributed by atoms with Crippen LogP contribution in [0.5, 0.6) is 0 Å². The molecule has 1 unspecified atom stereocenters. The first-order valence-corrected chi connectivity index (χ1v) is 19.8. The molecule has 0 radical (unpaired) electrons. The van der Waals surface area contributed by atoms with Gasteiger partial charge in [-0.2, -0.15) is 0 Å². The number of amides is 5. The summed E-state index contributed by atoms with van der Waals surface area (Å²) in [6.45, 7) is 11.3. The van der Waals surface area contributed by atoms with Crippen LogP contribution in [0.25, 0.3) is 0 Å². The van der Waals surface area contributed by atoms with Crippen molar-refractivity contribution in [1.29, 1.82) is 0 Å². The molecule has 6 aliphatic rings. The van der Waals surface area contributed by atoms with Gasteiger partial charge in [0, 0.05) is 18.4 Å². The predicted molar refractivity (Wildman–Crippen MR) is 191 cm³/mol. The smallest absolute Gasteiger partial charge is 0.408 e. The van der Waals surface area contributed by atoms with Crippen LogP contribution in [0, 0.1) is 33.5 Å². The molecule has 6 atom stereocenters. The molecule has 2 spiro atoms. The fraction of sp³-hybridized carbons (Fsp3) is 0.846. The molecule has 6 rings (SSSR count).